The molecule has 7 heteroatoms. The predicted molar refractivity (Wildman–Crippen MR) is 64.4 cm³/mol. The average molecular weight is 296 g/mol. The first-order valence-electron chi connectivity index (χ1n) is 5.10. The average Bonchev–Trinajstić information content (AvgIpc) is 2.58. The van der Waals surface area contributed by atoms with Gasteiger partial charge in [0.2, 0.25) is 5.91 Å². The van der Waals surface area contributed by atoms with Gasteiger partial charge in [0, 0.05) is 5.02 Å². The molecular weight excluding hydrogens is 287 g/mol. The number of hydrogen-bond donors (Lipinski definition) is 0. The third-order valence-corrected chi connectivity index (χ3v) is 3.94. The lowest BCUT2D eigenvalue weighted by Crippen LogP contribution is -2.37. The maximum Gasteiger partial charge on any atom is 0.406 e. The largest absolute Gasteiger partial charge is 0.406 e. The van der Waals surface area contributed by atoms with Crippen molar-refractivity contribution in [3.63, 3.8) is 0 Å². The lowest BCUT2D eigenvalue weighted by Gasteiger charge is -2.25. The molecule has 1 aromatic rings. The minimum atomic E-state index is -4.39. The molecule has 18 heavy (non-hydrogen) atoms. The molecule has 1 aliphatic heterocycles. The highest BCUT2D eigenvalue weighted by molar-refractivity contribution is 8.00. The molecule has 1 fully saturated rings. The highest BCUT2D eigenvalue weighted by atomic mass is 35.5. The molecule has 1 saturated heterocycles. The summed E-state index contributed by atoms with van der Waals surface area (Å²) in [5, 5.41) is -0.169. The van der Waals surface area contributed by atoms with E-state index in [2.05, 4.69) is 0 Å². The number of thioether (sulfide) groups is 1. The number of alkyl halides is 3. The zero-order valence-electron chi connectivity index (χ0n) is 9.08. The van der Waals surface area contributed by atoms with Gasteiger partial charge in [-0.3, -0.25) is 4.79 Å². The lowest BCUT2D eigenvalue weighted by molar-refractivity contribution is -0.159. The van der Waals surface area contributed by atoms with Crippen molar-refractivity contribution >= 4 is 29.3 Å². The number of carbonyl (C=O) groups excluding carboxylic acids is 1. The topological polar surface area (TPSA) is 20.3 Å². The van der Waals surface area contributed by atoms with E-state index in [1.807, 2.05) is 0 Å². The fraction of sp³-hybridized carbons (Fsp3) is 0.364. The number of rotatable bonds is 2. The molecule has 1 atom stereocenters. The van der Waals surface area contributed by atoms with E-state index in [4.69, 9.17) is 11.6 Å². The van der Waals surface area contributed by atoms with E-state index < -0.39 is 24.0 Å². The minimum Gasteiger partial charge on any atom is -0.317 e. The number of halogens is 4. The summed E-state index contributed by atoms with van der Waals surface area (Å²) in [7, 11) is 0. The van der Waals surface area contributed by atoms with E-state index in [1.165, 1.54) is 11.8 Å². The van der Waals surface area contributed by atoms with Crippen molar-refractivity contribution in [3.8, 4) is 0 Å². The molecule has 0 saturated carbocycles. The molecule has 1 amide bonds. The van der Waals surface area contributed by atoms with Crippen LogP contribution in [0, 0.1) is 0 Å². The fourth-order valence-electron chi connectivity index (χ4n) is 1.75. The van der Waals surface area contributed by atoms with Crippen LogP contribution >= 0.6 is 23.4 Å². The van der Waals surface area contributed by atoms with E-state index in [1.54, 1.807) is 24.3 Å². The van der Waals surface area contributed by atoms with Crippen LogP contribution in [0.3, 0.4) is 0 Å². The molecule has 1 aromatic carbocycles. The highest BCUT2D eigenvalue weighted by Crippen LogP contribution is 2.40. The van der Waals surface area contributed by atoms with Crippen LogP contribution in [-0.2, 0) is 4.79 Å². The Morgan fingerprint density at radius 2 is 2.17 bits per heavy atom. The molecule has 2 rings (SSSR count). The Kier molecular flexibility index (Phi) is 3.77. The van der Waals surface area contributed by atoms with Gasteiger partial charge in [-0.2, -0.15) is 13.2 Å². The van der Waals surface area contributed by atoms with Crippen molar-refractivity contribution in [3.05, 3.63) is 34.9 Å². The van der Waals surface area contributed by atoms with Gasteiger partial charge in [0.25, 0.3) is 0 Å². The van der Waals surface area contributed by atoms with Crippen molar-refractivity contribution in [1.82, 2.24) is 4.90 Å². The smallest absolute Gasteiger partial charge is 0.317 e. The third-order valence-electron chi connectivity index (χ3n) is 2.45. The van der Waals surface area contributed by atoms with Gasteiger partial charge in [0.15, 0.2) is 0 Å². The van der Waals surface area contributed by atoms with Crippen LogP contribution in [0.2, 0.25) is 5.02 Å². The molecule has 98 valence electrons. The number of benzene rings is 1. The van der Waals surface area contributed by atoms with Crippen LogP contribution in [0.15, 0.2) is 24.3 Å². The van der Waals surface area contributed by atoms with Gasteiger partial charge in [0.1, 0.15) is 11.9 Å². The summed E-state index contributed by atoms with van der Waals surface area (Å²) in [6, 6.07) is 6.56. The summed E-state index contributed by atoms with van der Waals surface area (Å²) in [6.07, 6.45) is -4.39. The molecular formula is C11H9ClF3NOS. The summed E-state index contributed by atoms with van der Waals surface area (Å²) in [6.45, 7) is -1.23. The van der Waals surface area contributed by atoms with Crippen LogP contribution in [-0.4, -0.2) is 29.3 Å². The highest BCUT2D eigenvalue weighted by Gasteiger charge is 2.40. The van der Waals surface area contributed by atoms with Crippen molar-refractivity contribution in [1.29, 1.82) is 0 Å². The Labute approximate surface area is 111 Å². The summed E-state index contributed by atoms with van der Waals surface area (Å²) in [5.41, 5.74) is 0.614. The Hall–Kier alpha value is -0.880. The van der Waals surface area contributed by atoms with E-state index in [0.717, 1.165) is 4.90 Å². The van der Waals surface area contributed by atoms with Gasteiger partial charge in [0.05, 0.1) is 5.75 Å². The van der Waals surface area contributed by atoms with Gasteiger partial charge in [-0.25, -0.2) is 0 Å². The molecule has 0 radical (unpaired) electrons. The third kappa shape index (κ3) is 3.11. The molecule has 0 bridgehead atoms. The molecule has 0 aromatic heterocycles. The lowest BCUT2D eigenvalue weighted by atomic mass is 10.2. The zero-order valence-corrected chi connectivity index (χ0v) is 10.6. The number of carbonyl (C=O) groups is 1. The van der Waals surface area contributed by atoms with E-state index in [-0.39, 0.29) is 5.75 Å². The zero-order chi connectivity index (χ0) is 13.3. The van der Waals surface area contributed by atoms with Gasteiger partial charge < -0.3 is 4.90 Å². The summed E-state index contributed by atoms with van der Waals surface area (Å²) >= 11 is 6.98. The molecule has 0 N–H and O–H groups in total. The van der Waals surface area contributed by atoms with Crippen molar-refractivity contribution in [2.45, 2.75) is 11.6 Å². The van der Waals surface area contributed by atoms with E-state index in [0.29, 0.717) is 10.6 Å². The molecule has 1 heterocycles. The minimum absolute atomic E-state index is 0.0628. The Morgan fingerprint density at radius 3 is 2.78 bits per heavy atom. The quantitative estimate of drug-likeness (QED) is 0.832. The van der Waals surface area contributed by atoms with Crippen LogP contribution < -0.4 is 0 Å². The fourth-order valence-corrected chi connectivity index (χ4v) is 3.13. The van der Waals surface area contributed by atoms with Crippen LogP contribution in [0.5, 0.6) is 0 Å². The van der Waals surface area contributed by atoms with Crippen LogP contribution in [0.1, 0.15) is 10.9 Å². The Morgan fingerprint density at radius 1 is 1.44 bits per heavy atom. The summed E-state index contributed by atoms with van der Waals surface area (Å²) in [4.78, 5) is 12.3. The van der Waals surface area contributed by atoms with Gasteiger partial charge in [-0.15, -0.1) is 11.8 Å². The Bertz CT molecular complexity index is 466. The first-order valence-corrected chi connectivity index (χ1v) is 6.53. The summed E-state index contributed by atoms with van der Waals surface area (Å²) in [5.74, 6) is -0.435. The molecule has 0 spiro atoms. The normalized spacial score (nSPS) is 20.6. The molecule has 0 unspecified atom stereocenters. The molecule has 1 aliphatic rings. The van der Waals surface area contributed by atoms with Gasteiger partial charge in [-0.05, 0) is 17.7 Å². The van der Waals surface area contributed by atoms with E-state index in [9.17, 15) is 18.0 Å². The monoisotopic (exact) mass is 295 g/mol. The van der Waals surface area contributed by atoms with E-state index >= 15 is 0 Å². The van der Waals surface area contributed by atoms with Crippen molar-refractivity contribution < 1.29 is 18.0 Å². The number of nitrogens with zero attached hydrogens (tertiary/aromatic N) is 1. The maximum atomic E-state index is 12.4. The molecule has 2 nitrogen and oxygen atoms in total. The SMILES string of the molecule is O=C1CS[C@@H](c2cccc(Cl)c2)N1CC(F)(F)F. The van der Waals surface area contributed by atoms with Crippen molar-refractivity contribution in [2.24, 2.45) is 0 Å². The van der Waals surface area contributed by atoms with Crippen LogP contribution in [0.4, 0.5) is 13.2 Å². The Balaban J connectivity index is 2.24. The number of hydrogen-bond acceptors (Lipinski definition) is 2. The standard InChI is InChI=1S/C11H9ClF3NOS/c12-8-3-1-2-7(4-8)10-16(6-11(13,14)15)9(17)5-18-10/h1-4,10H,5-6H2/t10-/m0/s1. The second-order valence-corrected chi connectivity index (χ2v) is 5.36. The van der Waals surface area contributed by atoms with Crippen LogP contribution in [0.25, 0.3) is 0 Å². The predicted octanol–water partition coefficient (Wildman–Crippen LogP) is 3.48. The maximum absolute atomic E-state index is 12.4. The molecule has 0 aliphatic carbocycles. The van der Waals surface area contributed by atoms with Gasteiger partial charge >= 0.3 is 6.18 Å². The first kappa shape index (κ1) is 13.5. The van der Waals surface area contributed by atoms with Gasteiger partial charge in [-0.1, -0.05) is 23.7 Å². The number of amides is 1. The van der Waals surface area contributed by atoms with Crippen molar-refractivity contribution in [2.75, 3.05) is 12.3 Å². The summed E-state index contributed by atoms with van der Waals surface area (Å²) < 4.78 is 37.3. The first-order chi connectivity index (χ1) is 8.37. The second kappa shape index (κ2) is 5.01. The second-order valence-electron chi connectivity index (χ2n) is 3.86.